The smallest absolute Gasteiger partial charge is 0.231 e. The van der Waals surface area contributed by atoms with Gasteiger partial charge < -0.3 is 9.47 Å². The predicted molar refractivity (Wildman–Crippen MR) is 161 cm³/mol. The highest BCUT2D eigenvalue weighted by atomic mass is 16.5. The molecule has 0 aliphatic carbocycles. The van der Waals surface area contributed by atoms with Crippen LogP contribution < -0.4 is 9.47 Å². The molecule has 2 aromatic rings. The highest BCUT2D eigenvalue weighted by Crippen LogP contribution is 2.33. The van der Waals surface area contributed by atoms with Gasteiger partial charge in [-0.25, -0.2) is 0 Å². The lowest BCUT2D eigenvalue weighted by molar-refractivity contribution is -0.118. The molecule has 1 aliphatic heterocycles. The molecule has 39 heavy (non-hydrogen) atoms. The van der Waals surface area contributed by atoms with Gasteiger partial charge in [-0.1, -0.05) is 88.6 Å². The largest absolute Gasteiger partial charge is 0.497 e. The molecule has 2 aromatic carbocycles. The number of hydrogen-bond acceptors (Lipinski definition) is 4. The van der Waals surface area contributed by atoms with Crippen LogP contribution in [-0.4, -0.2) is 18.7 Å². The molecular weight excluding hydrogens is 484 g/mol. The van der Waals surface area contributed by atoms with Gasteiger partial charge in [-0.2, -0.15) is 0 Å². The Bertz CT molecular complexity index is 1090. The minimum absolute atomic E-state index is 0.146. The number of rotatable bonds is 19. The Labute approximate surface area is 235 Å². The molecule has 4 nitrogen and oxygen atoms in total. The van der Waals surface area contributed by atoms with Crippen molar-refractivity contribution in [1.29, 1.82) is 0 Å². The number of benzene rings is 2. The van der Waals surface area contributed by atoms with Crippen LogP contribution in [-0.2, 0) is 11.2 Å². The molecule has 0 saturated heterocycles. The summed E-state index contributed by atoms with van der Waals surface area (Å²) in [4.78, 5) is 25.4. The van der Waals surface area contributed by atoms with Crippen LogP contribution in [0.25, 0.3) is 6.08 Å². The zero-order chi connectivity index (χ0) is 27.7. The number of carbonyl (C=O) groups excluding carboxylic acids is 2. The summed E-state index contributed by atoms with van der Waals surface area (Å²) in [6.07, 6.45) is 23.7. The molecule has 210 valence electrons. The van der Waals surface area contributed by atoms with Gasteiger partial charge in [0.25, 0.3) is 0 Å². The summed E-state index contributed by atoms with van der Waals surface area (Å²) < 4.78 is 11.0. The van der Waals surface area contributed by atoms with E-state index >= 15 is 0 Å². The average Bonchev–Trinajstić information content (AvgIpc) is 3.25. The molecule has 1 heterocycles. The topological polar surface area (TPSA) is 52.6 Å². The number of Topliss-reactive ketones (excluding diaryl/α,β-unsaturated/α-hetero) is 2. The molecule has 0 aromatic heterocycles. The fourth-order valence-electron chi connectivity index (χ4n) is 4.91. The van der Waals surface area contributed by atoms with Crippen molar-refractivity contribution < 1.29 is 19.1 Å². The molecule has 3 rings (SSSR count). The van der Waals surface area contributed by atoms with E-state index in [2.05, 4.69) is 19.1 Å². The SMILES string of the molecule is CCCCCCCC/C=C/CCCCCCCC(=O)Cc1ccc2c(c1)C(=O)/C(=C/c1ccc(OC)cc1)O2. The Balaban J connectivity index is 1.28. The molecule has 1 aliphatic rings. The predicted octanol–water partition coefficient (Wildman–Crippen LogP) is 9.46. The van der Waals surface area contributed by atoms with Crippen LogP contribution >= 0.6 is 0 Å². The van der Waals surface area contributed by atoms with E-state index in [0.717, 1.165) is 29.7 Å². The van der Waals surface area contributed by atoms with Crippen molar-refractivity contribution in [2.75, 3.05) is 7.11 Å². The molecule has 0 fully saturated rings. The van der Waals surface area contributed by atoms with Gasteiger partial charge in [0.05, 0.1) is 12.7 Å². The van der Waals surface area contributed by atoms with Gasteiger partial charge in [-0.05, 0) is 73.6 Å². The summed E-state index contributed by atoms with van der Waals surface area (Å²) in [7, 11) is 1.62. The average molecular weight is 531 g/mol. The maximum atomic E-state index is 12.9. The van der Waals surface area contributed by atoms with Crippen molar-refractivity contribution in [3.8, 4) is 11.5 Å². The lowest BCUT2D eigenvalue weighted by Gasteiger charge is -2.04. The van der Waals surface area contributed by atoms with E-state index in [1.807, 2.05) is 36.4 Å². The highest BCUT2D eigenvalue weighted by molar-refractivity contribution is 6.14. The number of unbranched alkanes of at least 4 members (excludes halogenated alkanes) is 11. The van der Waals surface area contributed by atoms with Gasteiger partial charge in [0.1, 0.15) is 17.3 Å². The lowest BCUT2D eigenvalue weighted by Crippen LogP contribution is -2.03. The number of ether oxygens (including phenoxy) is 2. The quantitative estimate of drug-likeness (QED) is 0.103. The van der Waals surface area contributed by atoms with Gasteiger partial charge in [0, 0.05) is 12.8 Å². The third-order valence-corrected chi connectivity index (χ3v) is 7.26. The van der Waals surface area contributed by atoms with Crippen LogP contribution in [0.3, 0.4) is 0 Å². The minimum Gasteiger partial charge on any atom is -0.497 e. The van der Waals surface area contributed by atoms with Crippen molar-refractivity contribution in [2.24, 2.45) is 0 Å². The second-order valence-corrected chi connectivity index (χ2v) is 10.6. The van der Waals surface area contributed by atoms with Crippen molar-refractivity contribution in [2.45, 2.75) is 103 Å². The zero-order valence-corrected chi connectivity index (χ0v) is 24.0. The van der Waals surface area contributed by atoms with Gasteiger partial charge in [-0.3, -0.25) is 9.59 Å². The molecule has 0 saturated carbocycles. The fraction of sp³-hybridized carbons (Fsp3) is 0.486. The molecule has 0 unspecified atom stereocenters. The Kier molecular flexibility index (Phi) is 13.6. The molecule has 0 N–H and O–H groups in total. The Morgan fingerprint density at radius 2 is 1.46 bits per heavy atom. The van der Waals surface area contributed by atoms with Crippen molar-refractivity contribution in [3.05, 3.63) is 77.1 Å². The van der Waals surface area contributed by atoms with Crippen molar-refractivity contribution in [3.63, 3.8) is 0 Å². The van der Waals surface area contributed by atoms with Crippen LogP contribution in [0.2, 0.25) is 0 Å². The molecule has 4 heteroatoms. The Hall–Kier alpha value is -3.14. The first-order chi connectivity index (χ1) is 19.1. The third-order valence-electron chi connectivity index (χ3n) is 7.26. The maximum Gasteiger partial charge on any atom is 0.231 e. The van der Waals surface area contributed by atoms with Gasteiger partial charge in [0.15, 0.2) is 5.76 Å². The van der Waals surface area contributed by atoms with Crippen LogP contribution in [0.4, 0.5) is 0 Å². The monoisotopic (exact) mass is 530 g/mol. The summed E-state index contributed by atoms with van der Waals surface area (Å²) in [6.45, 7) is 2.26. The van der Waals surface area contributed by atoms with Crippen molar-refractivity contribution in [1.82, 2.24) is 0 Å². The number of ketones is 2. The first-order valence-corrected chi connectivity index (χ1v) is 15.0. The van der Waals surface area contributed by atoms with Gasteiger partial charge >= 0.3 is 0 Å². The number of carbonyl (C=O) groups is 2. The third kappa shape index (κ3) is 10.9. The van der Waals surface area contributed by atoms with Crippen LogP contribution in [0.15, 0.2) is 60.4 Å². The fourth-order valence-corrected chi connectivity index (χ4v) is 4.91. The Morgan fingerprint density at radius 3 is 2.13 bits per heavy atom. The van der Waals surface area contributed by atoms with E-state index in [0.29, 0.717) is 29.9 Å². The molecule has 0 bridgehead atoms. The molecule has 0 radical (unpaired) electrons. The maximum absolute atomic E-state index is 12.9. The second-order valence-electron chi connectivity index (χ2n) is 10.6. The van der Waals surface area contributed by atoms with Crippen molar-refractivity contribution >= 4 is 17.6 Å². The molecular formula is C35H46O4. The zero-order valence-electron chi connectivity index (χ0n) is 24.0. The highest BCUT2D eigenvalue weighted by Gasteiger charge is 2.27. The van der Waals surface area contributed by atoms with Crippen LogP contribution in [0.5, 0.6) is 11.5 Å². The Morgan fingerprint density at radius 1 is 0.821 bits per heavy atom. The summed E-state index contributed by atoms with van der Waals surface area (Å²) in [5.74, 6) is 1.69. The summed E-state index contributed by atoms with van der Waals surface area (Å²) in [5.41, 5.74) is 2.26. The van der Waals surface area contributed by atoms with Crippen LogP contribution in [0.1, 0.15) is 118 Å². The second kappa shape index (κ2) is 17.4. The van der Waals surface area contributed by atoms with E-state index in [9.17, 15) is 9.59 Å². The van der Waals surface area contributed by atoms with Gasteiger partial charge in [-0.15, -0.1) is 0 Å². The number of fused-ring (bicyclic) bond motifs is 1. The summed E-state index contributed by atoms with van der Waals surface area (Å²) in [6, 6.07) is 12.9. The van der Waals surface area contributed by atoms with E-state index in [1.54, 1.807) is 19.3 Å². The van der Waals surface area contributed by atoms with E-state index < -0.39 is 0 Å². The number of methoxy groups -OCH3 is 1. The summed E-state index contributed by atoms with van der Waals surface area (Å²) in [5, 5.41) is 0. The first kappa shape index (κ1) is 30.4. The van der Waals surface area contributed by atoms with Gasteiger partial charge in [0.2, 0.25) is 5.78 Å². The lowest BCUT2D eigenvalue weighted by atomic mass is 10.00. The number of allylic oxidation sites excluding steroid dienone is 3. The minimum atomic E-state index is -0.146. The van der Waals surface area contributed by atoms with E-state index in [4.69, 9.17) is 9.47 Å². The molecule has 0 spiro atoms. The standard InChI is InChI=1S/C35H46O4/c1-3-4-5-6-7-8-9-10-11-12-13-14-15-16-17-18-30(36)25-29-21-24-33-32(26-29)35(37)34(39-33)27-28-19-22-31(38-2)23-20-28/h10-11,19-24,26-27H,3-9,12-18,25H2,1-2H3/b11-10+,34-27-. The summed E-state index contributed by atoms with van der Waals surface area (Å²) >= 11 is 0. The molecule has 0 atom stereocenters. The first-order valence-electron chi connectivity index (χ1n) is 15.0. The van der Waals surface area contributed by atoms with E-state index in [1.165, 1.54) is 70.6 Å². The van der Waals surface area contributed by atoms with Crippen LogP contribution in [0, 0.1) is 0 Å². The molecule has 0 amide bonds. The number of hydrogen-bond donors (Lipinski definition) is 0. The normalized spacial score (nSPS) is 13.7. The van der Waals surface area contributed by atoms with E-state index in [-0.39, 0.29) is 11.6 Å².